The summed E-state index contributed by atoms with van der Waals surface area (Å²) in [7, 11) is 2.21. The fourth-order valence-electron chi connectivity index (χ4n) is 7.41. The zero-order valence-corrected chi connectivity index (χ0v) is 24.5. The van der Waals surface area contributed by atoms with Crippen molar-refractivity contribution in [2.45, 2.75) is 44.6 Å². The molecule has 0 bridgehead atoms. The van der Waals surface area contributed by atoms with E-state index in [4.69, 9.17) is 26.1 Å². The second-order valence-corrected chi connectivity index (χ2v) is 12.3. The summed E-state index contributed by atoms with van der Waals surface area (Å²) in [4.78, 5) is 18.7. The quantitative estimate of drug-likeness (QED) is 0.293. The summed E-state index contributed by atoms with van der Waals surface area (Å²) in [5.74, 6) is -0.00691. The molecule has 1 N–H and O–H groups in total. The lowest BCUT2D eigenvalue weighted by Gasteiger charge is -2.44. The number of hydrogen-bond donors (Lipinski definition) is 1. The predicted molar refractivity (Wildman–Crippen MR) is 162 cm³/mol. The van der Waals surface area contributed by atoms with Crippen LogP contribution in [-0.4, -0.2) is 77.5 Å². The summed E-state index contributed by atoms with van der Waals surface area (Å²) in [5, 5.41) is 12.7. The summed E-state index contributed by atoms with van der Waals surface area (Å²) in [6, 6.07) is 9.12. The number of hydrogen-bond acceptors (Lipinski definition) is 8. The number of pyridine rings is 1. The number of phenolic OH excluding ortho intramolecular Hbond substituents is 1. The van der Waals surface area contributed by atoms with Crippen molar-refractivity contribution in [3.8, 4) is 23.0 Å². The first-order chi connectivity index (χ1) is 20.4. The Balaban J connectivity index is 1.35. The van der Waals surface area contributed by atoms with E-state index in [0.29, 0.717) is 65.0 Å². The van der Waals surface area contributed by atoms with E-state index in [0.717, 1.165) is 38.8 Å². The number of likely N-dealkylation sites (tertiary alicyclic amines) is 1. The van der Waals surface area contributed by atoms with Gasteiger partial charge in [-0.3, -0.25) is 4.98 Å². The number of nitrogens with zero attached hydrogens (tertiary/aromatic N) is 5. The van der Waals surface area contributed by atoms with Gasteiger partial charge in [0, 0.05) is 53.3 Å². The van der Waals surface area contributed by atoms with Gasteiger partial charge in [-0.15, -0.1) is 0 Å². The second kappa shape index (κ2) is 11.1. The Kier molecular flexibility index (Phi) is 7.28. The van der Waals surface area contributed by atoms with Crippen molar-refractivity contribution in [3.05, 3.63) is 47.4 Å². The van der Waals surface area contributed by atoms with Crippen molar-refractivity contribution in [1.29, 1.82) is 0 Å². The third-order valence-electron chi connectivity index (χ3n) is 9.40. The number of piperidine rings is 1. The van der Waals surface area contributed by atoms with Gasteiger partial charge in [-0.05, 0) is 69.3 Å². The molecular formula is C32H35ClFN5O3. The van der Waals surface area contributed by atoms with E-state index in [1.54, 1.807) is 24.4 Å². The first-order valence-corrected chi connectivity index (χ1v) is 15.2. The molecule has 2 aromatic carbocycles. The van der Waals surface area contributed by atoms with Gasteiger partial charge in [0.05, 0.1) is 18.6 Å². The van der Waals surface area contributed by atoms with Crippen LogP contribution in [0.15, 0.2) is 36.5 Å². The molecule has 7 rings (SSSR count). The number of rotatable bonds is 5. The Hall–Kier alpha value is -3.27. The van der Waals surface area contributed by atoms with E-state index in [1.165, 1.54) is 18.9 Å². The SMILES string of the molecule is CN1CCC[C@@]2(COc3nc(N4CCCOCC4)c4cnc(-c5cc(O)cc6cccc(Cl)c56)c(F)c4n3)CCC[C@@H]12. The van der Waals surface area contributed by atoms with Crippen LogP contribution in [0, 0.1) is 11.2 Å². The van der Waals surface area contributed by atoms with Crippen LogP contribution in [0.25, 0.3) is 32.9 Å². The minimum Gasteiger partial charge on any atom is -0.508 e. The van der Waals surface area contributed by atoms with Crippen molar-refractivity contribution < 1.29 is 19.0 Å². The van der Waals surface area contributed by atoms with Gasteiger partial charge in [0.25, 0.3) is 0 Å². The number of fused-ring (bicyclic) bond motifs is 3. The zero-order chi connectivity index (χ0) is 28.8. The van der Waals surface area contributed by atoms with E-state index >= 15 is 4.39 Å². The van der Waals surface area contributed by atoms with Crippen LogP contribution >= 0.6 is 11.6 Å². The van der Waals surface area contributed by atoms with Crippen LogP contribution in [-0.2, 0) is 4.74 Å². The average molecular weight is 592 g/mol. The molecule has 1 saturated carbocycles. The molecule has 0 amide bonds. The first-order valence-electron chi connectivity index (χ1n) is 14.9. The summed E-state index contributed by atoms with van der Waals surface area (Å²) in [6.07, 6.45) is 8.16. The molecule has 0 spiro atoms. The van der Waals surface area contributed by atoms with Crippen LogP contribution in [0.3, 0.4) is 0 Å². The van der Waals surface area contributed by atoms with Gasteiger partial charge in [-0.25, -0.2) is 4.39 Å². The molecule has 8 nitrogen and oxygen atoms in total. The molecule has 2 saturated heterocycles. The Labute approximate surface area is 249 Å². The lowest BCUT2D eigenvalue weighted by Crippen LogP contribution is -2.50. The van der Waals surface area contributed by atoms with Gasteiger partial charge >= 0.3 is 6.01 Å². The number of aromatic nitrogens is 3. The highest BCUT2D eigenvalue weighted by atomic mass is 35.5. The molecule has 2 atom stereocenters. The molecule has 220 valence electrons. The maximum absolute atomic E-state index is 16.6. The maximum atomic E-state index is 16.6. The molecule has 3 aliphatic rings. The number of benzene rings is 2. The van der Waals surface area contributed by atoms with Gasteiger partial charge < -0.3 is 24.4 Å². The van der Waals surface area contributed by atoms with E-state index in [9.17, 15) is 5.11 Å². The summed E-state index contributed by atoms with van der Waals surface area (Å²) in [6.45, 7) is 4.18. The Morgan fingerprint density at radius 3 is 2.90 bits per heavy atom. The highest BCUT2D eigenvalue weighted by molar-refractivity contribution is 6.36. The van der Waals surface area contributed by atoms with Crippen LogP contribution < -0.4 is 9.64 Å². The van der Waals surface area contributed by atoms with Gasteiger partial charge in [0.2, 0.25) is 0 Å². The minimum absolute atomic E-state index is 0.000790. The third-order valence-corrected chi connectivity index (χ3v) is 9.71. The van der Waals surface area contributed by atoms with Crippen LogP contribution in [0.2, 0.25) is 5.02 Å². The maximum Gasteiger partial charge on any atom is 0.319 e. The fraction of sp³-hybridized carbons (Fsp3) is 0.469. The number of anilines is 1. The van der Waals surface area contributed by atoms with Crippen LogP contribution in [0.4, 0.5) is 10.2 Å². The molecular weight excluding hydrogens is 557 g/mol. The highest BCUT2D eigenvalue weighted by Crippen LogP contribution is 2.47. The Morgan fingerprint density at radius 1 is 1.12 bits per heavy atom. The van der Waals surface area contributed by atoms with Crippen LogP contribution in [0.5, 0.6) is 11.8 Å². The molecule has 2 aromatic heterocycles. The third kappa shape index (κ3) is 4.81. The van der Waals surface area contributed by atoms with Crippen molar-refractivity contribution in [3.63, 3.8) is 0 Å². The summed E-state index contributed by atoms with van der Waals surface area (Å²) < 4.78 is 28.7. The second-order valence-electron chi connectivity index (χ2n) is 11.9. The summed E-state index contributed by atoms with van der Waals surface area (Å²) >= 11 is 6.57. The topological polar surface area (TPSA) is 83.8 Å². The van der Waals surface area contributed by atoms with E-state index in [-0.39, 0.29) is 28.4 Å². The van der Waals surface area contributed by atoms with Crippen molar-refractivity contribution in [1.82, 2.24) is 19.9 Å². The van der Waals surface area contributed by atoms with Gasteiger partial charge in [-0.2, -0.15) is 9.97 Å². The highest BCUT2D eigenvalue weighted by Gasteiger charge is 2.47. The van der Waals surface area contributed by atoms with Gasteiger partial charge in [0.15, 0.2) is 5.82 Å². The molecule has 1 aliphatic carbocycles. The molecule has 4 aromatic rings. The molecule has 0 radical (unpaired) electrons. The van der Waals surface area contributed by atoms with Gasteiger partial charge in [-0.1, -0.05) is 30.2 Å². The fourth-order valence-corrected chi connectivity index (χ4v) is 7.69. The molecule has 2 aliphatic heterocycles. The van der Waals surface area contributed by atoms with Crippen molar-refractivity contribution in [2.75, 3.05) is 51.4 Å². The van der Waals surface area contributed by atoms with E-state index in [2.05, 4.69) is 26.8 Å². The predicted octanol–water partition coefficient (Wildman–Crippen LogP) is 6.21. The molecule has 10 heteroatoms. The lowest BCUT2D eigenvalue weighted by molar-refractivity contribution is 0.0133. The monoisotopic (exact) mass is 591 g/mol. The smallest absolute Gasteiger partial charge is 0.319 e. The first kappa shape index (κ1) is 27.6. The standard InChI is InChI=1S/C32H35ClFN5O3/c1-38-11-4-10-32(9-3-8-25(32)38)19-42-31-36-29-23(30(37-31)39-12-5-14-41-15-13-39)18-35-28(27(29)34)22-17-21(40)16-20-6-2-7-24(33)26(20)22/h2,6-7,16-18,25,40H,3-5,8-15,19H2,1H3/t25-,32-/m1/s1. The molecule has 42 heavy (non-hydrogen) atoms. The number of aromatic hydroxyl groups is 1. The van der Waals surface area contributed by atoms with Crippen molar-refractivity contribution in [2.24, 2.45) is 5.41 Å². The largest absolute Gasteiger partial charge is 0.508 e. The van der Waals surface area contributed by atoms with Crippen LogP contribution in [0.1, 0.15) is 38.5 Å². The molecule has 0 unspecified atom stereocenters. The van der Waals surface area contributed by atoms with Crippen molar-refractivity contribution >= 4 is 39.1 Å². The molecule has 3 fully saturated rings. The normalized spacial score (nSPS) is 23.3. The van der Waals surface area contributed by atoms with E-state index < -0.39 is 5.82 Å². The van der Waals surface area contributed by atoms with Gasteiger partial charge in [0.1, 0.15) is 22.8 Å². The minimum atomic E-state index is -0.604. The zero-order valence-electron chi connectivity index (χ0n) is 23.8. The molecule has 4 heterocycles. The van der Waals surface area contributed by atoms with E-state index in [1.807, 2.05) is 6.07 Å². The number of halogens is 2. The Bertz CT molecular complexity index is 1650. The Morgan fingerprint density at radius 2 is 2.00 bits per heavy atom. The number of phenols is 1. The number of ether oxygens (including phenoxy) is 2. The lowest BCUT2D eigenvalue weighted by atomic mass is 9.76. The summed E-state index contributed by atoms with van der Waals surface area (Å²) in [5.41, 5.74) is 0.657. The average Bonchev–Trinajstić information content (AvgIpc) is 3.24.